The Morgan fingerprint density at radius 1 is 1.30 bits per heavy atom. The van der Waals surface area contributed by atoms with E-state index in [4.69, 9.17) is 9.47 Å². The first kappa shape index (κ1) is 19.8. The lowest BCUT2D eigenvalue weighted by atomic mass is 10.2. The van der Waals surface area contributed by atoms with E-state index >= 15 is 0 Å². The van der Waals surface area contributed by atoms with Crippen LogP contribution in [0.5, 0.6) is 0 Å². The maximum Gasteiger partial charge on any atom is 0.148 e. The third-order valence-corrected chi connectivity index (χ3v) is 4.85. The molecule has 4 nitrogen and oxygen atoms in total. The highest BCUT2D eigenvalue weighted by molar-refractivity contribution is 7.84. The van der Waals surface area contributed by atoms with E-state index in [0.717, 1.165) is 0 Å². The van der Waals surface area contributed by atoms with Gasteiger partial charge in [-0.25, -0.2) is 8.93 Å². The smallest absolute Gasteiger partial charge is 0.148 e. The summed E-state index contributed by atoms with van der Waals surface area (Å²) in [7, 11) is -1.03. The molecule has 6 heteroatoms. The maximum atomic E-state index is 12.1. The van der Waals surface area contributed by atoms with Crippen molar-refractivity contribution in [3.05, 3.63) is 0 Å². The van der Waals surface area contributed by atoms with E-state index < -0.39 is 19.1 Å². The summed E-state index contributed by atoms with van der Waals surface area (Å²) in [5, 5.41) is 0. The average Bonchev–Trinajstić information content (AvgIpc) is 2.26. The summed E-state index contributed by atoms with van der Waals surface area (Å²) in [6.45, 7) is 14.4. The lowest BCUT2D eigenvalue weighted by molar-refractivity contribution is -0.0588. The molecule has 0 aromatic heterocycles. The van der Waals surface area contributed by atoms with Crippen LogP contribution in [0.25, 0.3) is 0 Å². The van der Waals surface area contributed by atoms with E-state index in [0.29, 0.717) is 0 Å². The number of methoxy groups -OCH3 is 1. The quantitative estimate of drug-likeness (QED) is 0.464. The molecule has 0 fully saturated rings. The number of rotatable bonds is 6. The molecule has 118 valence electrons. The second kappa shape index (κ2) is 8.30. The second-order valence-corrected chi connectivity index (χ2v) is 13.5. The van der Waals surface area contributed by atoms with E-state index in [9.17, 15) is 4.21 Å². The zero-order valence-electron chi connectivity index (χ0n) is 14.0. The van der Waals surface area contributed by atoms with Gasteiger partial charge in [0.15, 0.2) is 0 Å². The molecule has 0 unspecified atom stereocenters. The molecule has 20 heavy (non-hydrogen) atoms. The van der Waals surface area contributed by atoms with E-state index in [1.165, 1.54) is 0 Å². The molecule has 0 aliphatic rings. The summed E-state index contributed by atoms with van der Waals surface area (Å²) >= 11 is 0. The van der Waals surface area contributed by atoms with Crippen molar-refractivity contribution in [3.8, 4) is 11.5 Å². The molecule has 0 radical (unpaired) electrons. The van der Waals surface area contributed by atoms with Crippen LogP contribution in [-0.2, 0) is 20.5 Å². The molecule has 0 aromatic rings. The maximum absolute atomic E-state index is 12.1. The second-order valence-electron chi connectivity index (χ2n) is 6.80. The van der Waals surface area contributed by atoms with Crippen molar-refractivity contribution in [2.24, 2.45) is 0 Å². The van der Waals surface area contributed by atoms with Crippen molar-refractivity contribution < 1.29 is 13.7 Å². The summed E-state index contributed by atoms with van der Waals surface area (Å²) < 4.78 is 25.4. The van der Waals surface area contributed by atoms with Gasteiger partial charge in [0, 0.05) is 7.11 Å². The zero-order chi connectivity index (χ0) is 16.0. The molecule has 0 aliphatic carbocycles. The van der Waals surface area contributed by atoms with Crippen molar-refractivity contribution >= 4 is 19.1 Å². The zero-order valence-corrected chi connectivity index (χ0v) is 15.8. The molecule has 1 N–H and O–H groups in total. The monoisotopic (exact) mass is 319 g/mol. The summed E-state index contributed by atoms with van der Waals surface area (Å²) in [5.41, 5.74) is 3.29. The van der Waals surface area contributed by atoms with E-state index in [1.807, 2.05) is 27.7 Å². The van der Waals surface area contributed by atoms with Gasteiger partial charge in [0.05, 0.1) is 21.8 Å². The molecule has 0 heterocycles. The first-order valence-electron chi connectivity index (χ1n) is 6.78. The fourth-order valence-electron chi connectivity index (χ4n) is 1.15. The summed E-state index contributed by atoms with van der Waals surface area (Å²) in [6, 6.07) is -0.131. The van der Waals surface area contributed by atoms with Crippen molar-refractivity contribution in [3.63, 3.8) is 0 Å². The number of ether oxygens (including phenoxy) is 2. The largest absolute Gasteiger partial charge is 0.359 e. The molecule has 0 bridgehead atoms. The van der Waals surface area contributed by atoms with Gasteiger partial charge >= 0.3 is 0 Å². The Kier molecular flexibility index (Phi) is 8.22. The van der Waals surface area contributed by atoms with Crippen molar-refractivity contribution in [2.45, 2.75) is 64.2 Å². The van der Waals surface area contributed by atoms with Gasteiger partial charge in [0.2, 0.25) is 0 Å². The molecular formula is C14H29NO3SSi. The van der Waals surface area contributed by atoms with Gasteiger partial charge in [-0.1, -0.05) is 25.6 Å². The molecular weight excluding hydrogens is 290 g/mol. The van der Waals surface area contributed by atoms with Crippen LogP contribution >= 0.6 is 0 Å². The van der Waals surface area contributed by atoms with Gasteiger partial charge < -0.3 is 9.47 Å². The third-order valence-electron chi connectivity index (χ3n) is 2.26. The number of nitrogens with one attached hydrogen (secondary N) is 1. The summed E-state index contributed by atoms with van der Waals surface area (Å²) in [6.07, 6.45) is -0.326. The van der Waals surface area contributed by atoms with Crippen LogP contribution in [0.3, 0.4) is 0 Å². The first-order valence-corrected chi connectivity index (χ1v) is 11.4. The lowest BCUT2D eigenvalue weighted by Crippen LogP contribution is -2.45. The van der Waals surface area contributed by atoms with Crippen molar-refractivity contribution in [1.82, 2.24) is 4.72 Å². The standard InChI is InChI=1S/C14H29NO3SSi/c1-12(15-19(16)14(2,3)4)13(18-11-17-5)9-10-20(6,7)8/h12-13,15H,11H2,1-8H3/t12-,13+,19+/m0/s1. The van der Waals surface area contributed by atoms with Crippen molar-refractivity contribution in [2.75, 3.05) is 13.9 Å². The Morgan fingerprint density at radius 3 is 2.25 bits per heavy atom. The van der Waals surface area contributed by atoms with Gasteiger partial charge in [-0.2, -0.15) is 0 Å². The highest BCUT2D eigenvalue weighted by atomic mass is 32.2. The van der Waals surface area contributed by atoms with Crippen LogP contribution in [0, 0.1) is 11.5 Å². The predicted octanol–water partition coefficient (Wildman–Crippen LogP) is 2.30. The molecule has 0 saturated heterocycles. The van der Waals surface area contributed by atoms with Crippen LogP contribution in [0.2, 0.25) is 19.6 Å². The molecule has 0 amide bonds. The van der Waals surface area contributed by atoms with E-state index in [2.05, 4.69) is 35.8 Å². The average molecular weight is 320 g/mol. The number of hydrogen-bond donors (Lipinski definition) is 1. The molecule has 3 atom stereocenters. The Bertz CT molecular complexity index is 377. The lowest BCUT2D eigenvalue weighted by Gasteiger charge is -2.25. The van der Waals surface area contributed by atoms with Crippen LogP contribution < -0.4 is 4.72 Å². The molecule has 0 rings (SSSR count). The molecule has 0 aliphatic heterocycles. The highest BCUT2D eigenvalue weighted by Crippen LogP contribution is 2.11. The van der Waals surface area contributed by atoms with Gasteiger partial charge in [-0.15, -0.1) is 5.54 Å². The van der Waals surface area contributed by atoms with Crippen LogP contribution in [0.1, 0.15) is 27.7 Å². The Morgan fingerprint density at radius 2 is 1.85 bits per heavy atom. The van der Waals surface area contributed by atoms with Gasteiger partial charge in [0.1, 0.15) is 21.0 Å². The number of hydrogen-bond acceptors (Lipinski definition) is 3. The minimum atomic E-state index is -1.47. The topological polar surface area (TPSA) is 47.6 Å². The van der Waals surface area contributed by atoms with Crippen LogP contribution in [0.15, 0.2) is 0 Å². The predicted molar refractivity (Wildman–Crippen MR) is 88.4 cm³/mol. The normalized spacial score (nSPS) is 17.0. The Labute approximate surface area is 127 Å². The van der Waals surface area contributed by atoms with Gasteiger partial charge in [0.25, 0.3) is 0 Å². The fraction of sp³-hybridized carbons (Fsp3) is 0.857. The molecule has 0 saturated carbocycles. The minimum Gasteiger partial charge on any atom is -0.359 e. The Balaban J connectivity index is 4.84. The van der Waals surface area contributed by atoms with E-state index in [1.54, 1.807) is 7.11 Å². The van der Waals surface area contributed by atoms with Crippen molar-refractivity contribution in [1.29, 1.82) is 0 Å². The molecule has 0 aromatic carbocycles. The van der Waals surface area contributed by atoms with Crippen LogP contribution in [0.4, 0.5) is 0 Å². The van der Waals surface area contributed by atoms with Gasteiger partial charge in [-0.3, -0.25) is 0 Å². The fourth-order valence-corrected chi connectivity index (χ4v) is 2.54. The van der Waals surface area contributed by atoms with E-state index in [-0.39, 0.29) is 23.7 Å². The molecule has 0 spiro atoms. The summed E-state index contributed by atoms with van der Waals surface area (Å²) in [4.78, 5) is 0. The van der Waals surface area contributed by atoms with Crippen LogP contribution in [-0.4, -0.2) is 43.1 Å². The first-order chi connectivity index (χ1) is 8.97. The SMILES string of the molecule is COCO[C@H](C#C[Si](C)(C)C)[C@H](C)N[S@](=O)C(C)(C)C. The highest BCUT2D eigenvalue weighted by Gasteiger charge is 2.25. The van der Waals surface area contributed by atoms with Gasteiger partial charge in [-0.05, 0) is 27.7 Å². The third kappa shape index (κ3) is 8.87. The minimum absolute atomic E-state index is 0.131. The summed E-state index contributed by atoms with van der Waals surface area (Å²) in [5.74, 6) is 3.16. The Hall–Kier alpha value is -0.193.